The van der Waals surface area contributed by atoms with Crippen molar-refractivity contribution in [2.24, 2.45) is 0 Å². The van der Waals surface area contributed by atoms with E-state index in [0.717, 1.165) is 52.0 Å². The van der Waals surface area contributed by atoms with E-state index in [1.165, 1.54) is 17.9 Å². The third-order valence-electron chi connectivity index (χ3n) is 5.05. The normalized spacial score (nSPS) is 28.0. The number of carbonyl (C=O) groups is 2. The van der Waals surface area contributed by atoms with Crippen molar-refractivity contribution in [2.75, 3.05) is 50.8 Å². The first-order valence-corrected chi connectivity index (χ1v) is 9.77. The number of nitrogens with zero attached hydrogens (tertiary/aromatic N) is 3. The Labute approximate surface area is 137 Å². The van der Waals surface area contributed by atoms with E-state index >= 15 is 0 Å². The molecule has 6 heteroatoms. The average molecular weight is 325 g/mol. The minimum atomic E-state index is 0.137. The maximum Gasteiger partial charge on any atom is 0.242 e. The van der Waals surface area contributed by atoms with Crippen LogP contribution in [-0.2, 0) is 9.59 Å². The monoisotopic (exact) mass is 325 g/mol. The van der Waals surface area contributed by atoms with Crippen molar-refractivity contribution >= 4 is 23.6 Å². The van der Waals surface area contributed by atoms with Gasteiger partial charge in [-0.05, 0) is 31.4 Å². The summed E-state index contributed by atoms with van der Waals surface area (Å²) in [5.74, 6) is 2.81. The van der Waals surface area contributed by atoms with E-state index in [1.54, 1.807) is 4.90 Å². The number of hydrogen-bond acceptors (Lipinski definition) is 4. The van der Waals surface area contributed by atoms with Gasteiger partial charge in [-0.25, -0.2) is 0 Å². The lowest BCUT2D eigenvalue weighted by Gasteiger charge is -2.30. The van der Waals surface area contributed by atoms with Crippen LogP contribution in [0.1, 0.15) is 32.1 Å². The van der Waals surface area contributed by atoms with Crippen LogP contribution in [-0.4, -0.2) is 83.3 Å². The molecule has 1 atom stereocenters. The molecule has 0 N–H and O–H groups in total. The Morgan fingerprint density at radius 2 is 2.00 bits per heavy atom. The molecular weight excluding hydrogens is 298 g/mol. The summed E-state index contributed by atoms with van der Waals surface area (Å²) in [4.78, 5) is 30.7. The van der Waals surface area contributed by atoms with Gasteiger partial charge >= 0.3 is 0 Å². The summed E-state index contributed by atoms with van der Waals surface area (Å²) in [6.07, 6.45) is 4.97. The molecule has 22 heavy (non-hydrogen) atoms. The lowest BCUT2D eigenvalue weighted by molar-refractivity contribution is -0.141. The topological polar surface area (TPSA) is 43.9 Å². The SMILES string of the molecule is O=C(CN1CCCCC1=O)N1CCCN(C2CCSC2)CC1. The molecule has 3 aliphatic heterocycles. The van der Waals surface area contributed by atoms with E-state index in [4.69, 9.17) is 0 Å². The van der Waals surface area contributed by atoms with E-state index in [-0.39, 0.29) is 18.4 Å². The molecule has 0 aliphatic carbocycles. The van der Waals surface area contributed by atoms with Gasteiger partial charge in [0.2, 0.25) is 11.8 Å². The summed E-state index contributed by atoms with van der Waals surface area (Å²) < 4.78 is 0. The largest absolute Gasteiger partial charge is 0.340 e. The fourth-order valence-electron chi connectivity index (χ4n) is 3.65. The van der Waals surface area contributed by atoms with E-state index in [9.17, 15) is 9.59 Å². The maximum atomic E-state index is 12.5. The first-order chi connectivity index (χ1) is 10.7. The van der Waals surface area contributed by atoms with Crippen LogP contribution >= 0.6 is 11.8 Å². The minimum absolute atomic E-state index is 0.137. The average Bonchev–Trinajstić information content (AvgIpc) is 2.94. The number of thioether (sulfide) groups is 1. The van der Waals surface area contributed by atoms with Crippen molar-refractivity contribution in [2.45, 2.75) is 38.1 Å². The molecule has 3 rings (SSSR count). The fraction of sp³-hybridized carbons (Fsp3) is 0.875. The molecule has 1 unspecified atom stereocenters. The van der Waals surface area contributed by atoms with Gasteiger partial charge in [0.25, 0.3) is 0 Å². The van der Waals surface area contributed by atoms with E-state index in [1.807, 2.05) is 16.7 Å². The quantitative estimate of drug-likeness (QED) is 0.778. The third kappa shape index (κ3) is 3.96. The Morgan fingerprint density at radius 3 is 2.77 bits per heavy atom. The first-order valence-electron chi connectivity index (χ1n) is 8.61. The van der Waals surface area contributed by atoms with Crippen LogP contribution in [0.2, 0.25) is 0 Å². The van der Waals surface area contributed by atoms with Gasteiger partial charge in [-0.2, -0.15) is 11.8 Å². The molecule has 3 saturated heterocycles. The number of likely N-dealkylation sites (tertiary alicyclic amines) is 1. The van der Waals surface area contributed by atoms with E-state index < -0.39 is 0 Å². The molecular formula is C16H27N3O2S. The van der Waals surface area contributed by atoms with Crippen molar-refractivity contribution < 1.29 is 9.59 Å². The number of hydrogen-bond donors (Lipinski definition) is 0. The molecule has 0 aromatic carbocycles. The van der Waals surface area contributed by atoms with Gasteiger partial charge in [-0.3, -0.25) is 14.5 Å². The van der Waals surface area contributed by atoms with Gasteiger partial charge in [0.1, 0.15) is 0 Å². The molecule has 3 fully saturated rings. The summed E-state index contributed by atoms with van der Waals surface area (Å²) in [6, 6.07) is 0.712. The molecule has 0 bridgehead atoms. The summed E-state index contributed by atoms with van der Waals surface area (Å²) in [6.45, 7) is 4.81. The van der Waals surface area contributed by atoms with Crippen molar-refractivity contribution in [3.05, 3.63) is 0 Å². The van der Waals surface area contributed by atoms with Gasteiger partial charge in [-0.15, -0.1) is 0 Å². The number of amides is 2. The second-order valence-corrected chi connectivity index (χ2v) is 7.71. The van der Waals surface area contributed by atoms with Gasteiger partial charge in [0, 0.05) is 50.9 Å². The maximum absolute atomic E-state index is 12.5. The molecule has 0 aromatic heterocycles. The van der Waals surface area contributed by atoms with Crippen LogP contribution in [0, 0.1) is 0 Å². The second kappa shape index (κ2) is 7.68. The predicted molar refractivity (Wildman–Crippen MR) is 88.9 cm³/mol. The molecule has 5 nitrogen and oxygen atoms in total. The van der Waals surface area contributed by atoms with Gasteiger partial charge in [0.15, 0.2) is 0 Å². The molecule has 0 aromatic rings. The van der Waals surface area contributed by atoms with Crippen molar-refractivity contribution in [1.82, 2.24) is 14.7 Å². The molecule has 3 aliphatic rings. The minimum Gasteiger partial charge on any atom is -0.340 e. The van der Waals surface area contributed by atoms with Crippen LogP contribution < -0.4 is 0 Å². The van der Waals surface area contributed by atoms with Gasteiger partial charge < -0.3 is 9.80 Å². The van der Waals surface area contributed by atoms with Gasteiger partial charge in [0.05, 0.1) is 6.54 Å². The zero-order valence-corrected chi connectivity index (χ0v) is 14.2. The first kappa shape index (κ1) is 16.1. The highest BCUT2D eigenvalue weighted by atomic mass is 32.2. The fourth-order valence-corrected chi connectivity index (χ4v) is 4.91. The Hall–Kier alpha value is -0.750. The highest BCUT2D eigenvalue weighted by Gasteiger charge is 2.28. The Balaban J connectivity index is 1.49. The van der Waals surface area contributed by atoms with Crippen LogP contribution in [0.5, 0.6) is 0 Å². The zero-order chi connectivity index (χ0) is 15.4. The molecule has 0 spiro atoms. The summed E-state index contributed by atoms with van der Waals surface area (Å²) >= 11 is 2.05. The molecule has 3 heterocycles. The standard InChI is InChI=1S/C16H27N3O2S/c20-15-4-1-2-6-19(15)12-16(21)18-8-3-7-17(9-10-18)14-5-11-22-13-14/h14H,1-13H2. The molecule has 124 valence electrons. The van der Waals surface area contributed by atoms with Crippen molar-refractivity contribution in [3.63, 3.8) is 0 Å². The van der Waals surface area contributed by atoms with E-state index in [0.29, 0.717) is 12.5 Å². The smallest absolute Gasteiger partial charge is 0.242 e. The zero-order valence-electron chi connectivity index (χ0n) is 13.3. The summed E-state index contributed by atoms with van der Waals surface area (Å²) in [7, 11) is 0. The van der Waals surface area contributed by atoms with Crippen LogP contribution in [0.15, 0.2) is 0 Å². The van der Waals surface area contributed by atoms with Crippen molar-refractivity contribution in [1.29, 1.82) is 0 Å². The number of piperidine rings is 1. The van der Waals surface area contributed by atoms with Gasteiger partial charge in [-0.1, -0.05) is 0 Å². The molecule has 0 saturated carbocycles. The van der Waals surface area contributed by atoms with Crippen LogP contribution in [0.3, 0.4) is 0 Å². The summed E-state index contributed by atoms with van der Waals surface area (Å²) in [5.41, 5.74) is 0. The predicted octanol–water partition coefficient (Wildman–Crippen LogP) is 1.04. The Morgan fingerprint density at radius 1 is 1.09 bits per heavy atom. The van der Waals surface area contributed by atoms with Crippen LogP contribution in [0.25, 0.3) is 0 Å². The van der Waals surface area contributed by atoms with E-state index in [2.05, 4.69) is 4.90 Å². The lowest BCUT2D eigenvalue weighted by atomic mass is 10.1. The molecule has 2 amide bonds. The lowest BCUT2D eigenvalue weighted by Crippen LogP contribution is -2.46. The number of carbonyl (C=O) groups excluding carboxylic acids is 2. The van der Waals surface area contributed by atoms with Crippen molar-refractivity contribution in [3.8, 4) is 0 Å². The second-order valence-electron chi connectivity index (χ2n) is 6.56. The highest BCUT2D eigenvalue weighted by Crippen LogP contribution is 2.23. The van der Waals surface area contributed by atoms with Crippen LogP contribution in [0.4, 0.5) is 0 Å². The summed E-state index contributed by atoms with van der Waals surface area (Å²) in [5, 5.41) is 0. The third-order valence-corrected chi connectivity index (χ3v) is 6.20. The Bertz CT molecular complexity index is 412. The Kier molecular flexibility index (Phi) is 5.63. The molecule has 0 radical (unpaired) electrons. The highest BCUT2D eigenvalue weighted by molar-refractivity contribution is 7.99. The number of rotatable bonds is 3.